The Morgan fingerprint density at radius 2 is 2.27 bits per heavy atom. The van der Waals surface area contributed by atoms with Crippen molar-refractivity contribution in [3.05, 3.63) is 22.8 Å². The smallest absolute Gasteiger partial charge is 0.396 e. The standard InChI is InChI=1S/C14H16ClF3N2O2/c15-11-3-9(14(16,17)18)4-19-12(11)20-5-10-6-22-2-1-13(10,7-20)8-21/h3-4,10,21H,1-2,5-8H2/t10-,13-/m1/s1. The van der Waals surface area contributed by atoms with Gasteiger partial charge >= 0.3 is 6.18 Å². The largest absolute Gasteiger partial charge is 0.417 e. The van der Waals surface area contributed by atoms with Crippen molar-refractivity contribution in [3.63, 3.8) is 0 Å². The van der Waals surface area contributed by atoms with Crippen molar-refractivity contribution in [3.8, 4) is 0 Å². The number of halogens is 4. The van der Waals surface area contributed by atoms with E-state index in [4.69, 9.17) is 16.3 Å². The Bertz CT molecular complexity index is 570. The normalized spacial score (nSPS) is 28.8. The minimum Gasteiger partial charge on any atom is -0.396 e. The third-order valence-corrected chi connectivity index (χ3v) is 4.92. The molecule has 0 bridgehead atoms. The van der Waals surface area contributed by atoms with Crippen LogP contribution in [0.2, 0.25) is 5.02 Å². The fourth-order valence-electron chi connectivity index (χ4n) is 3.29. The number of aliphatic hydroxyl groups excluding tert-OH is 1. The Morgan fingerprint density at radius 1 is 1.50 bits per heavy atom. The number of alkyl halides is 3. The molecular weight excluding hydrogens is 321 g/mol. The molecule has 1 N–H and O–H groups in total. The third-order valence-electron chi connectivity index (χ3n) is 4.64. The van der Waals surface area contributed by atoms with E-state index in [1.54, 1.807) is 0 Å². The minimum atomic E-state index is -4.46. The van der Waals surface area contributed by atoms with E-state index in [9.17, 15) is 18.3 Å². The summed E-state index contributed by atoms with van der Waals surface area (Å²) in [6, 6.07) is 0.897. The molecule has 0 unspecified atom stereocenters. The quantitative estimate of drug-likeness (QED) is 0.901. The van der Waals surface area contributed by atoms with Crippen LogP contribution in [0.3, 0.4) is 0 Å². The molecule has 8 heteroatoms. The van der Waals surface area contributed by atoms with Crippen LogP contribution >= 0.6 is 11.6 Å². The second-order valence-electron chi connectivity index (χ2n) is 5.95. The lowest BCUT2D eigenvalue weighted by Gasteiger charge is -2.36. The van der Waals surface area contributed by atoms with Crippen LogP contribution in [-0.2, 0) is 10.9 Å². The lowest BCUT2D eigenvalue weighted by atomic mass is 9.75. The van der Waals surface area contributed by atoms with Gasteiger partial charge in [-0.25, -0.2) is 4.98 Å². The van der Waals surface area contributed by atoms with Crippen LogP contribution in [0.15, 0.2) is 12.3 Å². The van der Waals surface area contributed by atoms with Gasteiger partial charge in [0.15, 0.2) is 0 Å². The Labute approximate surface area is 130 Å². The summed E-state index contributed by atoms with van der Waals surface area (Å²) in [5.41, 5.74) is -1.15. The highest BCUT2D eigenvalue weighted by Gasteiger charge is 2.48. The van der Waals surface area contributed by atoms with Gasteiger partial charge in [-0.3, -0.25) is 0 Å². The summed E-state index contributed by atoms with van der Waals surface area (Å²) in [6.45, 7) is 2.23. The summed E-state index contributed by atoms with van der Waals surface area (Å²) in [5, 5.41) is 9.73. The van der Waals surface area contributed by atoms with Crippen LogP contribution in [-0.4, -0.2) is 43.0 Å². The molecule has 3 heterocycles. The first kappa shape index (κ1) is 15.8. The van der Waals surface area contributed by atoms with Crippen LogP contribution < -0.4 is 4.90 Å². The van der Waals surface area contributed by atoms with Gasteiger partial charge in [0.25, 0.3) is 0 Å². The first-order valence-corrected chi connectivity index (χ1v) is 7.40. The molecule has 1 aromatic heterocycles. The number of nitrogens with zero attached hydrogens (tertiary/aromatic N) is 2. The summed E-state index contributed by atoms with van der Waals surface area (Å²) < 4.78 is 43.5. The monoisotopic (exact) mass is 336 g/mol. The van der Waals surface area contributed by atoms with Crippen molar-refractivity contribution >= 4 is 17.4 Å². The van der Waals surface area contributed by atoms with E-state index in [1.165, 1.54) is 0 Å². The van der Waals surface area contributed by atoms with Crippen molar-refractivity contribution in [1.29, 1.82) is 0 Å². The lowest BCUT2D eigenvalue weighted by Crippen LogP contribution is -2.41. The Balaban J connectivity index is 1.86. The van der Waals surface area contributed by atoms with Gasteiger partial charge in [0.05, 0.1) is 23.8 Å². The molecule has 122 valence electrons. The molecule has 2 fully saturated rings. The molecule has 0 saturated carbocycles. The lowest BCUT2D eigenvalue weighted by molar-refractivity contribution is -0.137. The highest BCUT2D eigenvalue weighted by Crippen LogP contribution is 2.44. The SMILES string of the molecule is OC[C@]12CCOC[C@H]1CN(c1ncc(C(F)(F)F)cc1Cl)C2. The molecule has 0 amide bonds. The molecule has 2 aliphatic rings. The average molecular weight is 337 g/mol. The predicted molar refractivity (Wildman–Crippen MR) is 74.9 cm³/mol. The van der Waals surface area contributed by atoms with Crippen LogP contribution in [0.4, 0.5) is 19.0 Å². The number of ether oxygens (including phenoxy) is 1. The topological polar surface area (TPSA) is 45.6 Å². The van der Waals surface area contributed by atoms with E-state index in [0.717, 1.165) is 18.7 Å². The van der Waals surface area contributed by atoms with Gasteiger partial charge in [-0.1, -0.05) is 11.6 Å². The molecule has 0 radical (unpaired) electrons. The molecule has 2 atom stereocenters. The number of pyridine rings is 1. The summed E-state index contributed by atoms with van der Waals surface area (Å²) >= 11 is 6.00. The third kappa shape index (κ3) is 2.66. The first-order chi connectivity index (χ1) is 10.4. The first-order valence-electron chi connectivity index (χ1n) is 7.02. The number of rotatable bonds is 2. The number of hydrogen-bond acceptors (Lipinski definition) is 4. The van der Waals surface area contributed by atoms with Gasteiger partial charge in [0.1, 0.15) is 5.82 Å². The molecule has 22 heavy (non-hydrogen) atoms. The van der Waals surface area contributed by atoms with E-state index in [2.05, 4.69) is 4.98 Å². The highest BCUT2D eigenvalue weighted by atomic mass is 35.5. The molecular formula is C14H16ClF3N2O2. The average Bonchev–Trinajstić information content (AvgIpc) is 2.86. The van der Waals surface area contributed by atoms with Gasteiger partial charge < -0.3 is 14.7 Å². The van der Waals surface area contributed by atoms with E-state index < -0.39 is 11.7 Å². The van der Waals surface area contributed by atoms with Gasteiger partial charge in [-0.15, -0.1) is 0 Å². The van der Waals surface area contributed by atoms with Crippen LogP contribution in [0, 0.1) is 11.3 Å². The van der Waals surface area contributed by atoms with Crippen LogP contribution in [0.1, 0.15) is 12.0 Å². The van der Waals surface area contributed by atoms with Crippen molar-refractivity contribution in [1.82, 2.24) is 4.98 Å². The zero-order chi connectivity index (χ0) is 16.0. The molecule has 1 aromatic rings. The zero-order valence-electron chi connectivity index (χ0n) is 11.7. The molecule has 0 spiro atoms. The molecule has 2 saturated heterocycles. The predicted octanol–water partition coefficient (Wildman–Crippen LogP) is 2.59. The Kier molecular flexibility index (Phi) is 3.99. The maximum Gasteiger partial charge on any atom is 0.417 e. The summed E-state index contributed by atoms with van der Waals surface area (Å²) in [7, 11) is 0. The Morgan fingerprint density at radius 3 is 2.86 bits per heavy atom. The summed E-state index contributed by atoms with van der Waals surface area (Å²) in [6.07, 6.45) is -2.94. The van der Waals surface area contributed by atoms with Gasteiger partial charge in [-0.2, -0.15) is 13.2 Å². The van der Waals surface area contributed by atoms with E-state index in [1.807, 2.05) is 4.90 Å². The number of aliphatic hydroxyl groups is 1. The second kappa shape index (κ2) is 5.54. The maximum atomic E-state index is 12.7. The van der Waals surface area contributed by atoms with Gasteiger partial charge in [0, 0.05) is 37.2 Å². The number of anilines is 1. The van der Waals surface area contributed by atoms with Crippen LogP contribution in [0.25, 0.3) is 0 Å². The van der Waals surface area contributed by atoms with E-state index >= 15 is 0 Å². The zero-order valence-corrected chi connectivity index (χ0v) is 12.5. The molecule has 0 aromatic carbocycles. The Hall–Kier alpha value is -1.05. The highest BCUT2D eigenvalue weighted by molar-refractivity contribution is 6.33. The fourth-order valence-corrected chi connectivity index (χ4v) is 3.57. The van der Waals surface area contributed by atoms with Gasteiger partial charge in [0.2, 0.25) is 0 Å². The number of hydrogen-bond donors (Lipinski definition) is 1. The van der Waals surface area contributed by atoms with Crippen LogP contribution in [0.5, 0.6) is 0 Å². The van der Waals surface area contributed by atoms with Crippen molar-refractivity contribution < 1.29 is 23.0 Å². The molecule has 2 aliphatic heterocycles. The summed E-state index contributed by atoms with van der Waals surface area (Å²) in [4.78, 5) is 5.75. The van der Waals surface area contributed by atoms with E-state index in [-0.39, 0.29) is 23.0 Å². The summed E-state index contributed by atoms with van der Waals surface area (Å²) in [5.74, 6) is 0.461. The molecule has 0 aliphatic carbocycles. The van der Waals surface area contributed by atoms with Gasteiger partial charge in [-0.05, 0) is 12.5 Å². The maximum absolute atomic E-state index is 12.7. The number of aromatic nitrogens is 1. The van der Waals surface area contributed by atoms with Crippen molar-refractivity contribution in [2.75, 3.05) is 37.8 Å². The van der Waals surface area contributed by atoms with E-state index in [0.29, 0.717) is 32.1 Å². The molecule has 3 rings (SSSR count). The second-order valence-corrected chi connectivity index (χ2v) is 6.36. The minimum absolute atomic E-state index is 0.0236. The van der Waals surface area contributed by atoms with Crippen molar-refractivity contribution in [2.45, 2.75) is 12.6 Å². The fraction of sp³-hybridized carbons (Fsp3) is 0.643. The molecule has 4 nitrogen and oxygen atoms in total. The van der Waals surface area contributed by atoms with Crippen molar-refractivity contribution in [2.24, 2.45) is 11.3 Å². The number of fused-ring (bicyclic) bond motifs is 1.